The van der Waals surface area contributed by atoms with E-state index in [0.29, 0.717) is 27.7 Å². The third-order valence-electron chi connectivity index (χ3n) is 5.76. The van der Waals surface area contributed by atoms with Crippen LogP contribution < -0.4 is 0 Å². The van der Waals surface area contributed by atoms with E-state index in [2.05, 4.69) is 4.98 Å². The Morgan fingerprint density at radius 2 is 1.61 bits per heavy atom. The van der Waals surface area contributed by atoms with E-state index in [4.69, 9.17) is 4.74 Å². The zero-order valence-corrected chi connectivity index (χ0v) is 17.0. The molecule has 1 heterocycles. The molecule has 0 spiro atoms. The van der Waals surface area contributed by atoms with Crippen molar-refractivity contribution in [2.75, 3.05) is 6.61 Å². The van der Waals surface area contributed by atoms with E-state index in [9.17, 15) is 9.59 Å². The first-order valence-corrected chi connectivity index (χ1v) is 10.5. The summed E-state index contributed by atoms with van der Waals surface area (Å²) in [4.78, 5) is 30.3. The lowest BCUT2D eigenvalue weighted by atomic mass is 10.0. The van der Waals surface area contributed by atoms with Crippen LogP contribution >= 0.6 is 0 Å². The number of para-hydroxylation sites is 1. The number of hydrogen-bond donors (Lipinski definition) is 0. The van der Waals surface area contributed by atoms with Crippen LogP contribution in [-0.2, 0) is 17.6 Å². The highest BCUT2D eigenvalue weighted by Gasteiger charge is 2.18. The van der Waals surface area contributed by atoms with E-state index in [1.54, 1.807) is 6.07 Å². The van der Waals surface area contributed by atoms with Gasteiger partial charge in [0, 0.05) is 16.5 Å². The molecule has 31 heavy (non-hydrogen) atoms. The number of ether oxygens (including phenoxy) is 1. The quantitative estimate of drug-likeness (QED) is 0.327. The molecule has 0 N–H and O–H groups in total. The molecule has 0 saturated heterocycles. The summed E-state index contributed by atoms with van der Waals surface area (Å²) in [6.45, 7) is -0.283. The summed E-state index contributed by atoms with van der Waals surface area (Å²) in [5.74, 6) is -0.713. The molecule has 4 heteroatoms. The topological polar surface area (TPSA) is 56.3 Å². The molecule has 1 aliphatic carbocycles. The smallest absolute Gasteiger partial charge is 0.339 e. The van der Waals surface area contributed by atoms with Gasteiger partial charge in [0.15, 0.2) is 12.4 Å². The third-order valence-corrected chi connectivity index (χ3v) is 5.76. The lowest BCUT2D eigenvalue weighted by Gasteiger charge is -2.10. The van der Waals surface area contributed by atoms with Gasteiger partial charge in [-0.25, -0.2) is 9.78 Å². The van der Waals surface area contributed by atoms with E-state index >= 15 is 0 Å². The van der Waals surface area contributed by atoms with Crippen molar-refractivity contribution in [3.8, 4) is 11.3 Å². The number of carbonyl (C=O) groups excluding carboxylic acids is 2. The SMILES string of the molecule is O=C(COC(=O)c1cc(-c2ccccc2)nc2ccccc12)c1ccc2c(c1)CCC2. The lowest BCUT2D eigenvalue weighted by Crippen LogP contribution is -2.15. The summed E-state index contributed by atoms with van der Waals surface area (Å²) in [5.41, 5.74) is 5.85. The Hall–Kier alpha value is -3.79. The number of benzene rings is 3. The molecule has 0 aliphatic heterocycles. The van der Waals surface area contributed by atoms with E-state index in [-0.39, 0.29) is 12.4 Å². The predicted octanol–water partition coefficient (Wildman–Crippen LogP) is 5.43. The number of aryl methyl sites for hydroxylation is 2. The van der Waals surface area contributed by atoms with Gasteiger partial charge < -0.3 is 4.74 Å². The Kier molecular flexibility index (Phi) is 5.04. The zero-order valence-electron chi connectivity index (χ0n) is 17.0. The highest BCUT2D eigenvalue weighted by atomic mass is 16.5. The Balaban J connectivity index is 1.41. The molecule has 4 nitrogen and oxygen atoms in total. The highest BCUT2D eigenvalue weighted by molar-refractivity contribution is 6.06. The maximum atomic E-state index is 13.0. The van der Waals surface area contributed by atoms with Crippen molar-refractivity contribution in [1.82, 2.24) is 4.98 Å². The fraction of sp³-hybridized carbons (Fsp3) is 0.148. The van der Waals surface area contributed by atoms with Crippen LogP contribution in [0.15, 0.2) is 78.9 Å². The molecule has 5 rings (SSSR count). The minimum Gasteiger partial charge on any atom is -0.454 e. The first-order valence-electron chi connectivity index (χ1n) is 10.5. The number of rotatable bonds is 5. The van der Waals surface area contributed by atoms with Crippen molar-refractivity contribution in [3.05, 3.63) is 101 Å². The molecule has 4 aromatic rings. The molecule has 1 aliphatic rings. The second-order valence-corrected chi connectivity index (χ2v) is 7.77. The van der Waals surface area contributed by atoms with Gasteiger partial charge in [0.25, 0.3) is 0 Å². The summed E-state index contributed by atoms with van der Waals surface area (Å²) < 4.78 is 5.45. The van der Waals surface area contributed by atoms with Gasteiger partial charge in [0.1, 0.15) is 0 Å². The average Bonchev–Trinajstić information content (AvgIpc) is 3.30. The summed E-state index contributed by atoms with van der Waals surface area (Å²) in [5, 5.41) is 0.706. The number of nitrogens with zero attached hydrogens (tertiary/aromatic N) is 1. The van der Waals surface area contributed by atoms with Crippen molar-refractivity contribution in [2.45, 2.75) is 19.3 Å². The second kappa shape index (κ2) is 8.15. The number of hydrogen-bond acceptors (Lipinski definition) is 4. The predicted molar refractivity (Wildman–Crippen MR) is 120 cm³/mol. The van der Waals surface area contributed by atoms with E-state index in [1.807, 2.05) is 72.8 Å². The van der Waals surface area contributed by atoms with Gasteiger partial charge >= 0.3 is 5.97 Å². The first kappa shape index (κ1) is 19.2. The van der Waals surface area contributed by atoms with Gasteiger partial charge in [-0.05, 0) is 48.6 Å². The van der Waals surface area contributed by atoms with Crippen LogP contribution in [-0.4, -0.2) is 23.3 Å². The first-order chi connectivity index (χ1) is 15.2. The van der Waals surface area contributed by atoms with Crippen LogP contribution in [0.4, 0.5) is 0 Å². The summed E-state index contributed by atoms with van der Waals surface area (Å²) in [6, 6.07) is 24.7. The van der Waals surface area contributed by atoms with Crippen molar-refractivity contribution in [1.29, 1.82) is 0 Å². The monoisotopic (exact) mass is 407 g/mol. The Morgan fingerprint density at radius 3 is 2.48 bits per heavy atom. The number of ketones is 1. The number of Topliss-reactive ketones (excluding diaryl/α,β-unsaturated/α-hetero) is 1. The number of pyridine rings is 1. The molecule has 1 aromatic heterocycles. The lowest BCUT2D eigenvalue weighted by molar-refractivity contribution is 0.0476. The van der Waals surface area contributed by atoms with Gasteiger partial charge in [-0.15, -0.1) is 0 Å². The Labute approximate surface area is 180 Å². The molecule has 0 radical (unpaired) electrons. The number of carbonyl (C=O) groups is 2. The van der Waals surface area contributed by atoms with Gasteiger partial charge in [-0.2, -0.15) is 0 Å². The summed E-state index contributed by atoms with van der Waals surface area (Å²) in [6.07, 6.45) is 3.19. The number of fused-ring (bicyclic) bond motifs is 2. The molecule has 0 atom stereocenters. The van der Waals surface area contributed by atoms with Gasteiger partial charge in [-0.3, -0.25) is 4.79 Å². The normalized spacial score (nSPS) is 12.5. The summed E-state index contributed by atoms with van der Waals surface area (Å²) in [7, 11) is 0. The van der Waals surface area contributed by atoms with Crippen molar-refractivity contribution in [3.63, 3.8) is 0 Å². The van der Waals surface area contributed by atoms with Crippen molar-refractivity contribution >= 4 is 22.7 Å². The highest BCUT2D eigenvalue weighted by Crippen LogP contribution is 2.26. The maximum absolute atomic E-state index is 13.0. The van der Waals surface area contributed by atoms with Crippen LogP contribution in [0.5, 0.6) is 0 Å². The molecule has 152 valence electrons. The van der Waals surface area contributed by atoms with Crippen LogP contribution in [0.3, 0.4) is 0 Å². The Morgan fingerprint density at radius 1 is 0.839 bits per heavy atom. The largest absolute Gasteiger partial charge is 0.454 e. The third kappa shape index (κ3) is 3.84. The second-order valence-electron chi connectivity index (χ2n) is 7.77. The van der Waals surface area contributed by atoms with Crippen LogP contribution in [0.1, 0.15) is 38.3 Å². The van der Waals surface area contributed by atoms with Crippen molar-refractivity contribution in [2.24, 2.45) is 0 Å². The standard InChI is InChI=1S/C27H21NO3/c29-26(21-14-13-18-9-6-10-20(18)15-21)17-31-27(30)23-16-25(19-7-2-1-3-8-19)28-24-12-5-4-11-22(23)24/h1-5,7-8,11-16H,6,9-10,17H2. The average molecular weight is 407 g/mol. The zero-order chi connectivity index (χ0) is 21.2. The molecule has 0 amide bonds. The molecular weight excluding hydrogens is 386 g/mol. The minimum atomic E-state index is -0.523. The molecule has 0 unspecified atom stereocenters. The minimum absolute atomic E-state index is 0.190. The molecule has 0 bridgehead atoms. The molecule has 3 aromatic carbocycles. The van der Waals surface area contributed by atoms with E-state index < -0.39 is 5.97 Å². The van der Waals surface area contributed by atoms with Gasteiger partial charge in [0.2, 0.25) is 0 Å². The van der Waals surface area contributed by atoms with E-state index in [0.717, 1.165) is 24.8 Å². The Bertz CT molecular complexity index is 1290. The fourth-order valence-electron chi connectivity index (χ4n) is 4.14. The van der Waals surface area contributed by atoms with Gasteiger partial charge in [0.05, 0.1) is 16.8 Å². The molecule has 0 saturated carbocycles. The molecule has 0 fully saturated rings. The summed E-state index contributed by atoms with van der Waals surface area (Å²) >= 11 is 0. The van der Waals surface area contributed by atoms with Crippen molar-refractivity contribution < 1.29 is 14.3 Å². The fourth-order valence-corrected chi connectivity index (χ4v) is 4.14. The number of aromatic nitrogens is 1. The van der Waals surface area contributed by atoms with Crippen LogP contribution in [0.2, 0.25) is 0 Å². The van der Waals surface area contributed by atoms with Crippen LogP contribution in [0.25, 0.3) is 22.2 Å². The van der Waals surface area contributed by atoms with E-state index in [1.165, 1.54) is 11.1 Å². The molecular formula is C27H21NO3. The number of esters is 1. The van der Waals surface area contributed by atoms with Crippen LogP contribution in [0, 0.1) is 0 Å². The van der Waals surface area contributed by atoms with Gasteiger partial charge in [-0.1, -0.05) is 60.7 Å². The maximum Gasteiger partial charge on any atom is 0.339 e.